The molecule has 0 radical (unpaired) electrons. The lowest BCUT2D eigenvalue weighted by atomic mass is 9.95. The molecule has 1 aliphatic rings. The van der Waals surface area contributed by atoms with E-state index in [1.165, 1.54) is 41.5 Å². The van der Waals surface area contributed by atoms with E-state index >= 15 is 0 Å². The van der Waals surface area contributed by atoms with Crippen LogP contribution in [0.1, 0.15) is 29.3 Å². The highest BCUT2D eigenvalue weighted by Gasteiger charge is 2.26. The largest absolute Gasteiger partial charge is 0.353 e. The van der Waals surface area contributed by atoms with Gasteiger partial charge in [-0.2, -0.15) is 0 Å². The average Bonchev–Trinajstić information content (AvgIpc) is 2.93. The molecule has 21 heavy (non-hydrogen) atoms. The zero-order valence-corrected chi connectivity index (χ0v) is 12.2. The first kappa shape index (κ1) is 12.7. The minimum Gasteiger partial charge on any atom is -0.353 e. The summed E-state index contributed by atoms with van der Waals surface area (Å²) in [4.78, 5) is 3.67. The Kier molecular flexibility index (Phi) is 3.24. The number of nitrogens with two attached hydrogens (primary N) is 1. The fourth-order valence-corrected chi connectivity index (χ4v) is 3.58. The topological polar surface area (TPSA) is 32.4 Å². The summed E-state index contributed by atoms with van der Waals surface area (Å²) in [5, 5.41) is 3.92. The predicted octanol–water partition coefficient (Wildman–Crippen LogP) is 2.96. The van der Waals surface area contributed by atoms with E-state index in [0.717, 1.165) is 6.42 Å². The van der Waals surface area contributed by atoms with E-state index in [2.05, 4.69) is 64.9 Å². The monoisotopic (exact) mass is 277 g/mol. The third-order valence-corrected chi connectivity index (χ3v) is 4.65. The molecule has 1 unspecified atom stereocenters. The quantitative estimate of drug-likeness (QED) is 0.738. The molecule has 0 aliphatic carbocycles. The zero-order chi connectivity index (χ0) is 14.1. The number of benzene rings is 2. The Morgan fingerprint density at radius 3 is 2.71 bits per heavy atom. The second kappa shape index (κ2) is 5.38. The number of H-pyrrole nitrogens is 1. The third kappa shape index (κ3) is 2.36. The van der Waals surface area contributed by atoms with Crippen molar-refractivity contribution in [2.45, 2.75) is 25.3 Å². The molecule has 0 saturated carbocycles. The van der Waals surface area contributed by atoms with Crippen LogP contribution >= 0.6 is 0 Å². The molecule has 2 heteroatoms. The van der Waals surface area contributed by atoms with Gasteiger partial charge < -0.3 is 10.3 Å². The molecule has 0 fully saturated rings. The Balaban J connectivity index is 1.61. The van der Waals surface area contributed by atoms with Gasteiger partial charge in [0.25, 0.3) is 0 Å². The van der Waals surface area contributed by atoms with Crippen LogP contribution < -0.4 is 5.32 Å². The van der Waals surface area contributed by atoms with Gasteiger partial charge in [-0.05, 0) is 23.6 Å². The van der Waals surface area contributed by atoms with E-state index in [-0.39, 0.29) is 0 Å². The summed E-state index contributed by atoms with van der Waals surface area (Å²) in [5.74, 6) is 0. The van der Waals surface area contributed by atoms with E-state index < -0.39 is 0 Å². The van der Waals surface area contributed by atoms with Gasteiger partial charge in [0.05, 0.1) is 12.2 Å². The number of aromatic nitrogens is 1. The fraction of sp³-hybridized carbons (Fsp3) is 0.263. The number of para-hydroxylation sites is 1. The van der Waals surface area contributed by atoms with Crippen LogP contribution in [0.4, 0.5) is 0 Å². The molecule has 0 spiro atoms. The van der Waals surface area contributed by atoms with Gasteiger partial charge in [0.2, 0.25) is 0 Å². The highest BCUT2D eigenvalue weighted by molar-refractivity contribution is 5.84. The molecule has 3 aromatic rings. The van der Waals surface area contributed by atoms with Gasteiger partial charge in [0.15, 0.2) is 0 Å². The fourth-order valence-electron chi connectivity index (χ4n) is 3.58. The molecule has 0 bridgehead atoms. The first-order valence-corrected chi connectivity index (χ1v) is 7.88. The maximum atomic E-state index is 3.67. The van der Waals surface area contributed by atoms with E-state index in [0.29, 0.717) is 6.04 Å². The Morgan fingerprint density at radius 1 is 1.00 bits per heavy atom. The Morgan fingerprint density at radius 2 is 1.81 bits per heavy atom. The molecular formula is C19H21N2+. The van der Waals surface area contributed by atoms with Gasteiger partial charge in [-0.3, -0.25) is 0 Å². The number of quaternary nitrogens is 1. The Hall–Kier alpha value is -2.06. The number of rotatable bonds is 3. The summed E-state index contributed by atoms with van der Waals surface area (Å²) in [6.07, 6.45) is 3.53. The lowest BCUT2D eigenvalue weighted by Gasteiger charge is -2.21. The second-order valence-corrected chi connectivity index (χ2v) is 5.97. The van der Waals surface area contributed by atoms with Crippen molar-refractivity contribution in [3.8, 4) is 0 Å². The summed E-state index contributed by atoms with van der Waals surface area (Å²) in [6.45, 7) is 1.20. The minimum absolute atomic E-state index is 0.571. The predicted molar refractivity (Wildman–Crippen MR) is 86.3 cm³/mol. The zero-order valence-electron chi connectivity index (χ0n) is 12.2. The van der Waals surface area contributed by atoms with E-state index in [4.69, 9.17) is 0 Å². The summed E-state index contributed by atoms with van der Waals surface area (Å²) in [5.41, 5.74) is 5.74. The van der Waals surface area contributed by atoms with Crippen molar-refractivity contribution in [2.75, 3.05) is 6.54 Å². The number of aryl methyl sites for hydroxylation is 1. The van der Waals surface area contributed by atoms with Gasteiger partial charge in [-0.1, -0.05) is 48.5 Å². The summed E-state index contributed by atoms with van der Waals surface area (Å²) in [6, 6.07) is 20.1. The molecule has 106 valence electrons. The lowest BCUT2D eigenvalue weighted by molar-refractivity contribution is -0.700. The van der Waals surface area contributed by atoms with Crippen LogP contribution in [-0.2, 0) is 12.8 Å². The van der Waals surface area contributed by atoms with Crippen LogP contribution in [0.2, 0.25) is 0 Å². The van der Waals surface area contributed by atoms with Crippen molar-refractivity contribution in [3.05, 3.63) is 71.4 Å². The Bertz CT molecular complexity index is 743. The van der Waals surface area contributed by atoms with E-state index in [1.54, 1.807) is 5.56 Å². The highest BCUT2D eigenvalue weighted by atomic mass is 15.0. The number of aromatic amines is 1. The van der Waals surface area contributed by atoms with Crippen molar-refractivity contribution in [1.82, 2.24) is 4.98 Å². The van der Waals surface area contributed by atoms with Crippen molar-refractivity contribution in [2.24, 2.45) is 0 Å². The van der Waals surface area contributed by atoms with Gasteiger partial charge in [-0.25, -0.2) is 0 Å². The van der Waals surface area contributed by atoms with Crippen LogP contribution in [0.5, 0.6) is 0 Å². The molecule has 2 aromatic carbocycles. The van der Waals surface area contributed by atoms with Gasteiger partial charge >= 0.3 is 0 Å². The van der Waals surface area contributed by atoms with Crippen molar-refractivity contribution < 1.29 is 5.32 Å². The second-order valence-electron chi connectivity index (χ2n) is 5.97. The van der Waals surface area contributed by atoms with Crippen LogP contribution in [0.15, 0.2) is 54.6 Å². The molecule has 0 saturated heterocycles. The molecule has 2 nitrogen and oxygen atoms in total. The van der Waals surface area contributed by atoms with Crippen LogP contribution in [0.25, 0.3) is 10.9 Å². The third-order valence-electron chi connectivity index (χ3n) is 4.65. The van der Waals surface area contributed by atoms with Crippen molar-refractivity contribution >= 4 is 10.9 Å². The van der Waals surface area contributed by atoms with Crippen LogP contribution in [0.3, 0.4) is 0 Å². The average molecular weight is 277 g/mol. The summed E-state index contributed by atoms with van der Waals surface area (Å²) < 4.78 is 0. The van der Waals surface area contributed by atoms with Gasteiger partial charge in [0.1, 0.15) is 6.04 Å². The number of nitrogens with one attached hydrogen (secondary N) is 1. The SMILES string of the molecule is c1ccc(CCC2[NH2+]CCc3c2[nH]c2ccccc32)cc1. The number of fused-ring (bicyclic) bond motifs is 3. The van der Waals surface area contributed by atoms with E-state index in [1.807, 2.05) is 0 Å². The first-order chi connectivity index (χ1) is 10.4. The maximum absolute atomic E-state index is 3.67. The van der Waals surface area contributed by atoms with Gasteiger partial charge in [-0.15, -0.1) is 0 Å². The van der Waals surface area contributed by atoms with Crippen LogP contribution in [0, 0.1) is 0 Å². The standard InChI is InChI=1S/C19H20N2/c1-2-6-14(7-3-1)10-11-18-19-16(12-13-20-18)15-8-4-5-9-17(15)21-19/h1-9,18,20-21H,10-13H2/p+1. The molecule has 2 heterocycles. The molecule has 0 amide bonds. The maximum Gasteiger partial charge on any atom is 0.127 e. The minimum atomic E-state index is 0.571. The highest BCUT2D eigenvalue weighted by Crippen LogP contribution is 2.29. The smallest absolute Gasteiger partial charge is 0.127 e. The lowest BCUT2D eigenvalue weighted by Crippen LogP contribution is -2.87. The summed E-state index contributed by atoms with van der Waals surface area (Å²) >= 11 is 0. The number of hydrogen-bond donors (Lipinski definition) is 2. The molecule has 1 aliphatic heterocycles. The van der Waals surface area contributed by atoms with Gasteiger partial charge in [0, 0.05) is 23.7 Å². The van der Waals surface area contributed by atoms with Crippen molar-refractivity contribution in [1.29, 1.82) is 0 Å². The molecule has 4 rings (SSSR count). The molecular weight excluding hydrogens is 256 g/mol. The first-order valence-electron chi connectivity index (χ1n) is 7.88. The normalized spacial score (nSPS) is 17.8. The van der Waals surface area contributed by atoms with E-state index in [9.17, 15) is 0 Å². The number of hydrogen-bond acceptors (Lipinski definition) is 0. The van der Waals surface area contributed by atoms with Crippen molar-refractivity contribution in [3.63, 3.8) is 0 Å². The summed E-state index contributed by atoms with van der Waals surface area (Å²) in [7, 11) is 0. The molecule has 1 aromatic heterocycles. The van der Waals surface area contributed by atoms with Crippen LogP contribution in [-0.4, -0.2) is 11.5 Å². The Labute approximate surface area is 125 Å². The molecule has 3 N–H and O–H groups in total. The molecule has 1 atom stereocenters.